The predicted molar refractivity (Wildman–Crippen MR) is 145 cm³/mol. The molecule has 1 heterocycles. The van der Waals surface area contributed by atoms with Crippen molar-refractivity contribution in [1.29, 1.82) is 0 Å². The quantitative estimate of drug-likeness (QED) is 0.256. The molecule has 0 aliphatic carbocycles. The van der Waals surface area contributed by atoms with Gasteiger partial charge in [0.05, 0.1) is 23.4 Å². The van der Waals surface area contributed by atoms with Gasteiger partial charge in [0, 0.05) is 17.2 Å². The van der Waals surface area contributed by atoms with Crippen LogP contribution in [0, 0.1) is 5.82 Å². The summed E-state index contributed by atoms with van der Waals surface area (Å²) in [5.41, 5.74) is -2.33. The maximum absolute atomic E-state index is 15.2. The maximum Gasteiger partial charge on any atom is 0.435 e. The highest BCUT2D eigenvalue weighted by Crippen LogP contribution is 2.32. The number of hydrogen-bond donors (Lipinski definition) is 2. The van der Waals surface area contributed by atoms with Crippen molar-refractivity contribution in [2.75, 3.05) is 12.4 Å². The molecule has 0 aliphatic heterocycles. The molecule has 0 bridgehead atoms. The summed E-state index contributed by atoms with van der Waals surface area (Å²) in [7, 11) is -2.55. The van der Waals surface area contributed by atoms with Crippen molar-refractivity contribution in [2.24, 2.45) is 0 Å². The molecule has 0 saturated heterocycles. The van der Waals surface area contributed by atoms with E-state index in [0.717, 1.165) is 10.7 Å². The minimum absolute atomic E-state index is 0.0748. The predicted octanol–water partition coefficient (Wildman–Crippen LogP) is 6.03. The molecule has 0 spiro atoms. The molecule has 4 aromatic rings. The van der Waals surface area contributed by atoms with Gasteiger partial charge in [-0.25, -0.2) is 22.2 Å². The number of methoxy groups -OCH3 is 1. The molecule has 1 aromatic heterocycles. The highest BCUT2D eigenvalue weighted by Gasteiger charge is 2.36. The Bertz CT molecular complexity index is 1690. The number of nitrogens with one attached hydrogen (secondary N) is 2. The van der Waals surface area contributed by atoms with Crippen LogP contribution in [0.15, 0.2) is 77.7 Å². The first-order valence-electron chi connectivity index (χ1n) is 12.1. The Morgan fingerprint density at radius 3 is 2.20 bits per heavy atom. The Kier molecular flexibility index (Phi) is 7.96. The van der Waals surface area contributed by atoms with Gasteiger partial charge >= 0.3 is 6.18 Å². The Morgan fingerprint density at radius 1 is 0.951 bits per heavy atom. The molecule has 1 amide bonds. The summed E-state index contributed by atoms with van der Waals surface area (Å²) in [5.74, 6) is -1.54. The molecule has 13 heteroatoms. The van der Waals surface area contributed by atoms with Crippen LogP contribution >= 0.6 is 0 Å². The van der Waals surface area contributed by atoms with E-state index in [1.54, 1.807) is 26.8 Å². The van der Waals surface area contributed by atoms with Crippen molar-refractivity contribution in [3.05, 3.63) is 90.0 Å². The lowest BCUT2D eigenvalue weighted by atomic mass is 10.0. The number of hydrogen-bond acceptors (Lipinski definition) is 5. The van der Waals surface area contributed by atoms with Crippen molar-refractivity contribution in [1.82, 2.24) is 14.5 Å². The number of sulfonamides is 1. The number of benzene rings is 3. The molecule has 8 nitrogen and oxygen atoms in total. The van der Waals surface area contributed by atoms with Crippen LogP contribution in [0.1, 0.15) is 37.0 Å². The molecule has 0 aliphatic rings. The largest absolute Gasteiger partial charge is 0.497 e. The standard InChI is InChI=1S/C28H26F4N4O4S/c1-27(2,3)35-41(38,39)24-8-6-5-7-20(24)17-9-14-22(21(29)15-17)33-26(37)23-16-25(28(30,31)32)34-36(23)18-10-12-19(40-4)13-11-18/h5-16,35H,1-4H3,(H,33,37). The van der Waals surface area contributed by atoms with Crippen LogP contribution in [0.25, 0.3) is 16.8 Å². The summed E-state index contributed by atoms with van der Waals surface area (Å²) in [4.78, 5) is 13.0. The molecule has 0 fully saturated rings. The molecule has 2 N–H and O–H groups in total. The summed E-state index contributed by atoms with van der Waals surface area (Å²) in [5, 5.41) is 5.82. The summed E-state index contributed by atoms with van der Waals surface area (Å²) in [6.07, 6.45) is -4.84. The fourth-order valence-electron chi connectivity index (χ4n) is 3.97. The first-order chi connectivity index (χ1) is 19.1. The van der Waals surface area contributed by atoms with Gasteiger partial charge in [-0.2, -0.15) is 18.3 Å². The van der Waals surface area contributed by atoms with Crippen molar-refractivity contribution >= 4 is 21.6 Å². The fourth-order valence-corrected chi connectivity index (χ4v) is 5.62. The number of amides is 1. The highest BCUT2D eigenvalue weighted by atomic mass is 32.2. The van der Waals surface area contributed by atoms with Crippen LogP contribution in [0.5, 0.6) is 5.75 Å². The maximum atomic E-state index is 15.2. The second-order valence-electron chi connectivity index (χ2n) is 10.0. The number of nitrogens with zero attached hydrogens (tertiary/aromatic N) is 2. The third-order valence-corrected chi connectivity index (χ3v) is 7.51. The molecule has 0 radical (unpaired) electrons. The number of ether oxygens (including phenoxy) is 1. The van der Waals surface area contributed by atoms with Gasteiger partial charge < -0.3 is 10.1 Å². The number of aromatic nitrogens is 2. The Morgan fingerprint density at radius 2 is 1.61 bits per heavy atom. The van der Waals surface area contributed by atoms with Crippen LogP contribution in [0.2, 0.25) is 0 Å². The van der Waals surface area contributed by atoms with E-state index in [9.17, 15) is 26.4 Å². The van der Waals surface area contributed by atoms with Gasteiger partial charge in [-0.1, -0.05) is 24.3 Å². The fraction of sp³-hybridized carbons (Fsp3) is 0.214. The second-order valence-corrected chi connectivity index (χ2v) is 11.7. The molecule has 216 valence electrons. The molecule has 0 atom stereocenters. The van der Waals surface area contributed by atoms with Gasteiger partial charge in [-0.3, -0.25) is 4.79 Å². The van der Waals surface area contributed by atoms with Gasteiger partial charge in [0.2, 0.25) is 10.0 Å². The summed E-state index contributed by atoms with van der Waals surface area (Å²) in [6.45, 7) is 5.05. The van der Waals surface area contributed by atoms with E-state index in [1.165, 1.54) is 61.7 Å². The Labute approximate surface area is 234 Å². The zero-order chi connectivity index (χ0) is 30.2. The molecule has 0 saturated carbocycles. The van der Waals surface area contributed by atoms with Gasteiger partial charge in [0.15, 0.2) is 5.69 Å². The van der Waals surface area contributed by atoms with E-state index in [4.69, 9.17) is 4.74 Å². The van der Waals surface area contributed by atoms with Crippen molar-refractivity contribution < 1.29 is 35.5 Å². The lowest BCUT2D eigenvalue weighted by Crippen LogP contribution is -2.40. The van der Waals surface area contributed by atoms with Crippen molar-refractivity contribution in [3.63, 3.8) is 0 Å². The van der Waals surface area contributed by atoms with Gasteiger partial charge in [-0.05, 0) is 68.8 Å². The van der Waals surface area contributed by atoms with E-state index in [1.807, 2.05) is 0 Å². The van der Waals surface area contributed by atoms with E-state index in [0.29, 0.717) is 11.8 Å². The van der Waals surface area contributed by atoms with Crippen LogP contribution in [0.3, 0.4) is 0 Å². The van der Waals surface area contributed by atoms with Gasteiger partial charge in [0.1, 0.15) is 17.3 Å². The zero-order valence-corrected chi connectivity index (χ0v) is 23.2. The average molecular weight is 591 g/mol. The minimum Gasteiger partial charge on any atom is -0.497 e. The third-order valence-electron chi connectivity index (χ3n) is 5.69. The number of carbonyl (C=O) groups is 1. The molecule has 0 unspecified atom stereocenters. The number of carbonyl (C=O) groups excluding carboxylic acids is 1. The molecule has 3 aromatic carbocycles. The molecular weight excluding hydrogens is 564 g/mol. The first kappa shape index (κ1) is 29.7. The number of halogens is 4. The SMILES string of the molecule is COc1ccc(-n2nc(C(F)(F)F)cc2C(=O)Nc2ccc(-c3ccccc3S(=O)(=O)NC(C)(C)C)cc2F)cc1. The number of alkyl halides is 3. The lowest BCUT2D eigenvalue weighted by Gasteiger charge is -2.21. The van der Waals surface area contributed by atoms with E-state index in [-0.39, 0.29) is 27.4 Å². The number of rotatable bonds is 7. The van der Waals surface area contributed by atoms with Gasteiger partial charge in [-0.15, -0.1) is 0 Å². The van der Waals surface area contributed by atoms with Crippen LogP contribution in [-0.2, 0) is 16.2 Å². The Hall–Kier alpha value is -4.23. The summed E-state index contributed by atoms with van der Waals surface area (Å²) < 4.78 is 90.0. The molecule has 4 rings (SSSR count). The highest BCUT2D eigenvalue weighted by molar-refractivity contribution is 7.89. The monoisotopic (exact) mass is 590 g/mol. The van der Waals surface area contributed by atoms with Gasteiger partial charge in [0.25, 0.3) is 5.91 Å². The van der Waals surface area contributed by atoms with Crippen LogP contribution in [-0.4, -0.2) is 36.8 Å². The smallest absolute Gasteiger partial charge is 0.435 e. The van der Waals surface area contributed by atoms with E-state index in [2.05, 4.69) is 15.1 Å². The first-order valence-corrected chi connectivity index (χ1v) is 13.6. The molecular formula is C28H26F4N4O4S. The van der Waals surface area contributed by atoms with E-state index < -0.39 is 44.9 Å². The zero-order valence-electron chi connectivity index (χ0n) is 22.4. The number of anilines is 1. The van der Waals surface area contributed by atoms with Crippen molar-refractivity contribution in [2.45, 2.75) is 37.4 Å². The summed E-state index contributed by atoms with van der Waals surface area (Å²) in [6, 6.07) is 16.0. The molecule has 41 heavy (non-hydrogen) atoms. The lowest BCUT2D eigenvalue weighted by molar-refractivity contribution is -0.141. The topological polar surface area (TPSA) is 102 Å². The third kappa shape index (κ3) is 6.74. The second kappa shape index (κ2) is 11.0. The average Bonchev–Trinajstić information content (AvgIpc) is 3.35. The Balaban J connectivity index is 1.68. The minimum atomic E-state index is -4.84. The summed E-state index contributed by atoms with van der Waals surface area (Å²) >= 11 is 0. The van der Waals surface area contributed by atoms with E-state index >= 15 is 4.39 Å². The van der Waals surface area contributed by atoms with Crippen LogP contribution in [0.4, 0.5) is 23.2 Å². The van der Waals surface area contributed by atoms with Crippen LogP contribution < -0.4 is 14.8 Å². The van der Waals surface area contributed by atoms with Crippen molar-refractivity contribution in [3.8, 4) is 22.6 Å². The normalized spacial score (nSPS) is 12.3.